The van der Waals surface area contributed by atoms with Crippen LogP contribution in [-0.2, 0) is 9.23 Å². The van der Waals surface area contributed by atoms with Gasteiger partial charge in [0.15, 0.2) is 12.6 Å². The van der Waals surface area contributed by atoms with Crippen LogP contribution in [-0.4, -0.2) is 245 Å². The second-order valence-corrected chi connectivity index (χ2v) is 30.8. The number of halogens is 10. The number of urea groups is 5. The number of phenols is 2. The minimum Gasteiger partial charge on any atom is -0.769 e. The number of aliphatic hydroxyl groups excluding tert-OH is 1. The number of benzene rings is 5. The predicted octanol–water partition coefficient (Wildman–Crippen LogP) is 11.4. The second-order valence-electron chi connectivity index (χ2n) is 25.5. The van der Waals surface area contributed by atoms with Crippen molar-refractivity contribution in [3.8, 4) is 34.8 Å². The van der Waals surface area contributed by atoms with Gasteiger partial charge in [0, 0.05) is 150 Å². The number of hydrogen-bond donors (Lipinski definition) is 9. The number of phenolic OH excluding ortho intramolecular Hbond substituents is 2. The maximum Gasteiger partial charge on any atom is 1.00 e. The van der Waals surface area contributed by atoms with Crippen molar-refractivity contribution in [1.82, 2.24) is 51.1 Å². The molecule has 656 valence electrons. The summed E-state index contributed by atoms with van der Waals surface area (Å²) >= 11 is 37.4. The van der Waals surface area contributed by atoms with Crippen molar-refractivity contribution < 1.29 is 107 Å². The normalized spacial score (nSPS) is 12.9. The molecule has 5 aromatic rings. The van der Waals surface area contributed by atoms with Crippen LogP contribution in [0.15, 0.2) is 41.6 Å². The summed E-state index contributed by atoms with van der Waals surface area (Å²) in [6, 6.07) is 13.9. The van der Waals surface area contributed by atoms with Crippen LogP contribution >= 0.6 is 114 Å². The molecule has 10 rings (SSSR count). The van der Waals surface area contributed by atoms with Crippen LogP contribution in [0.2, 0.25) is 0 Å². The number of carbonyl (C=O) groups excluding carboxylic acids is 7. The van der Waals surface area contributed by atoms with Crippen LogP contribution < -0.4 is 75.0 Å². The third-order valence-electron chi connectivity index (χ3n) is 17.3. The number of oxime groups is 1. The molecule has 0 radical (unpaired) electrons. The van der Waals surface area contributed by atoms with Crippen molar-refractivity contribution in [2.45, 2.75) is 104 Å². The van der Waals surface area contributed by atoms with Gasteiger partial charge in [-0.3, -0.25) is 9.59 Å². The van der Waals surface area contributed by atoms with Gasteiger partial charge in [0.2, 0.25) is 9.23 Å². The minimum atomic E-state index is -1.67. The average molecular weight is 1880 g/mol. The first-order valence-corrected chi connectivity index (χ1v) is 42.8. The number of nitrogens with zero attached hydrogens (tertiary/aromatic N) is 7. The van der Waals surface area contributed by atoms with Crippen LogP contribution in [0.1, 0.15) is 115 Å². The molecule has 0 aromatic heterocycles. The van der Waals surface area contributed by atoms with Crippen LogP contribution in [0.5, 0.6) is 28.7 Å². The summed E-state index contributed by atoms with van der Waals surface area (Å²) in [5.74, 6) is 3.43. The summed E-state index contributed by atoms with van der Waals surface area (Å²) in [5, 5.41) is 66.4. The molecule has 5 aliphatic rings. The monoisotopic (exact) mass is 1880 g/mol. The zero-order valence-electron chi connectivity index (χ0n) is 69.4. The third-order valence-corrected chi connectivity index (χ3v) is 17.5. The Morgan fingerprint density at radius 1 is 0.458 bits per heavy atom. The third kappa shape index (κ3) is 42.8. The zero-order chi connectivity index (χ0) is 89.6. The summed E-state index contributed by atoms with van der Waals surface area (Å²) in [7, 11) is 7.36. The van der Waals surface area contributed by atoms with E-state index in [1.807, 2.05) is 133 Å². The molecule has 0 spiro atoms. The molecular weight excluding hydrogens is 1770 g/mol. The molecule has 118 heavy (non-hydrogen) atoms. The van der Waals surface area contributed by atoms with Gasteiger partial charge in [-0.25, -0.2) is 40.0 Å². The maximum atomic E-state index is 11.4. The summed E-state index contributed by atoms with van der Waals surface area (Å²) in [4.78, 5) is 85.9. The van der Waals surface area contributed by atoms with E-state index in [-0.39, 0.29) is 88.1 Å². The van der Waals surface area contributed by atoms with Gasteiger partial charge < -0.3 is 95.7 Å². The second kappa shape index (κ2) is 66.2. The van der Waals surface area contributed by atoms with Crippen LogP contribution in [0.25, 0.3) is 5.01 Å². The predicted molar refractivity (Wildman–Crippen MR) is 471 cm³/mol. The van der Waals surface area contributed by atoms with Gasteiger partial charge in [-0.05, 0) is 159 Å². The average Bonchev–Trinajstić information content (AvgIpc) is 1.43. The van der Waals surface area contributed by atoms with Crippen molar-refractivity contribution in [1.29, 1.82) is 0 Å². The first kappa shape index (κ1) is 116. The number of alkyl halides is 7. The Morgan fingerprint density at radius 3 is 1.03 bits per heavy atom. The molecule has 5 saturated heterocycles. The topological polar surface area (TPSA) is 384 Å². The van der Waals surface area contributed by atoms with E-state index >= 15 is 0 Å². The number of nitrogens with one attached hydrogen (secondary N) is 5. The van der Waals surface area contributed by atoms with Gasteiger partial charge in [0.25, 0.3) is 0 Å². The molecular formula is C77H109Cl10N12NaO17S. The van der Waals surface area contributed by atoms with Crippen LogP contribution in [0.4, 0.5) is 24.0 Å². The van der Waals surface area contributed by atoms with Crippen LogP contribution in [0.3, 0.4) is 0 Å². The molecule has 29 nitrogen and oxygen atoms in total. The molecule has 0 aliphatic carbocycles. The number of amides is 10. The summed E-state index contributed by atoms with van der Waals surface area (Å²) in [5.41, 5.74) is 16.9. The summed E-state index contributed by atoms with van der Waals surface area (Å²) in [6.07, 6.45) is 3.07. The van der Waals surface area contributed by atoms with E-state index in [4.69, 9.17) is 115 Å². The first-order valence-electron chi connectivity index (χ1n) is 36.0. The Balaban J connectivity index is -0.00000129. The number of aliphatic hydroxyl groups is 1. The fourth-order valence-electron chi connectivity index (χ4n) is 12.0. The standard InChI is InChI=1S/C15H21N3O3.C15H19N3O3.C15H20N2O3.C10H12O2.C9H12O.C5H9ClN2O.C5H10N2O2.3CH2Cl2.Cl2OS.ClO.Na/c2*1-10-8-11(2)14(12(3)13(10)9-17-20)21-7-6-18-5-4-16-15(18)19;1-10-8-11(2)14(12(3)13(10)9-18)20-7-6-17-5-4-16-15(17)19;1-6-4-7(2)10(12)8(3)9(6)5-11;1-6-4-7(2)9(10)8(3)5-6;6-1-3-8-4-2-7-5(8)9;8-4-3-7-2-1-6-5(7)9;3*2-1-3;1-4(2)3;1-2;/h8-9,20H,4-7H2,1-3H3,(H,16,19);8H,4-7H2,1-3H3,(H,16,19);8-9H,4-7H2,1-3H3,(H,16,19);4-5,12H,1-3H3;4-5,10H,1-3H3;1-4H2,(H,7,9);8H,1-4H2,(H,6,9);3*1H2;;;/q;;;;;;;;;;;-1;+1/b17-9+;;;;;;;;;;;;. The molecule has 5 aliphatic heterocycles. The number of β-amino-alcohol motifs (C(OH)–C–C–N with tert-alkyl or cyclic N) is 1. The molecule has 0 unspecified atom stereocenters. The molecule has 10 amide bonds. The largest absolute Gasteiger partial charge is 1.00 e. The van der Waals surface area contributed by atoms with Crippen LogP contribution in [0, 0.1) is 115 Å². The molecule has 0 bridgehead atoms. The number of rotatable bonds is 19. The minimum absolute atomic E-state index is 0. The van der Waals surface area contributed by atoms with E-state index in [2.05, 4.69) is 76.0 Å². The van der Waals surface area contributed by atoms with Gasteiger partial charge in [-0.15, -0.1) is 81.2 Å². The van der Waals surface area contributed by atoms with Gasteiger partial charge in [-0.1, -0.05) is 47.1 Å². The number of hydrogen-bond acceptors (Lipinski definition) is 18. The number of aryl methyl sites for hydroxylation is 11. The van der Waals surface area contributed by atoms with Crippen molar-refractivity contribution in [3.63, 3.8) is 0 Å². The van der Waals surface area contributed by atoms with E-state index in [1.165, 1.54) is 11.8 Å². The molecule has 5 heterocycles. The van der Waals surface area contributed by atoms with Gasteiger partial charge in [-0.2, -0.15) is 0 Å². The maximum absolute atomic E-state index is 11.4. The zero-order valence-corrected chi connectivity index (χ0v) is 79.7. The Bertz CT molecular complexity index is 4010. The smallest absolute Gasteiger partial charge is 0.769 e. The summed E-state index contributed by atoms with van der Waals surface area (Å²) in [6.45, 7) is 40.0. The van der Waals surface area contributed by atoms with Gasteiger partial charge >= 0.3 is 65.8 Å². The fourth-order valence-corrected chi connectivity index (χ4v) is 12.2. The van der Waals surface area contributed by atoms with Crippen molar-refractivity contribution >= 4 is 173 Å². The number of carbonyl (C=O) groups is 7. The Morgan fingerprint density at radius 2 is 0.737 bits per heavy atom. The Hall–Kier alpha value is -6.48. The molecule has 0 saturated carbocycles. The fraction of sp³-hybridized carbons (Fsp3) is 0.494. The van der Waals surface area contributed by atoms with E-state index in [0.717, 1.165) is 134 Å². The number of ether oxygens (including phenoxy) is 3. The van der Waals surface area contributed by atoms with Gasteiger partial charge in [0.1, 0.15) is 54.1 Å². The van der Waals surface area contributed by atoms with Crippen molar-refractivity contribution in [3.05, 3.63) is 152 Å². The number of aldehydes is 2. The van der Waals surface area contributed by atoms with E-state index in [0.29, 0.717) is 126 Å². The van der Waals surface area contributed by atoms with Crippen molar-refractivity contribution in [2.24, 2.45) is 5.16 Å². The number of aromatic hydroxyl groups is 2. The van der Waals surface area contributed by atoms with Gasteiger partial charge in [0.05, 0.1) is 48.5 Å². The first-order chi connectivity index (χ1) is 55.5. The quantitative estimate of drug-likeness (QED) is 0.00705. The van der Waals surface area contributed by atoms with E-state index < -0.39 is 9.23 Å². The van der Waals surface area contributed by atoms with E-state index in [1.54, 1.807) is 31.4 Å². The molecule has 0 atom stereocenters. The molecule has 9 N–H and O–H groups in total. The Labute approximate surface area is 766 Å². The molecule has 5 fully saturated rings. The molecule has 5 aromatic carbocycles. The van der Waals surface area contributed by atoms with Crippen molar-refractivity contribution in [2.75, 3.05) is 146 Å². The molecule has 41 heteroatoms. The Kier molecular flexibility index (Phi) is 64.9. The summed E-state index contributed by atoms with van der Waals surface area (Å²) < 4.78 is 34.3. The SMILES string of the molecule is Cc1cc(C)c(C=O)c(C)c1O.Cc1cc(C)c(O)c(C)c1.Cc1cc(C)c(OCCN2CCNC2=O)c(C)c1/C=N/O.Cc1cc(C)c(OCCN2CCNC2=O)c(C)c1C#[N+][O-].Cc1cc(C)c(OCCN2CCNC2=O)c(C)c1C=O.ClCCl.ClCCl.ClCCl.O=C1NCCN1CCCl.O=C1NCCN1CCO.O=S(Cl)Cl.[Na+].[O-]Cl. The van der Waals surface area contributed by atoms with E-state index in [9.17, 15) is 49.0 Å².